The summed E-state index contributed by atoms with van der Waals surface area (Å²) in [6.45, 7) is 3.53. The van der Waals surface area contributed by atoms with Crippen molar-refractivity contribution >= 4 is 29.0 Å². The van der Waals surface area contributed by atoms with Crippen LogP contribution in [0, 0.1) is 25.7 Å². The predicted molar refractivity (Wildman–Crippen MR) is 130 cm³/mol. The lowest BCUT2D eigenvalue weighted by atomic mass is 10.0. The van der Waals surface area contributed by atoms with Crippen molar-refractivity contribution in [3.05, 3.63) is 93.9 Å². The topological polar surface area (TPSA) is 98.7 Å². The number of anilines is 2. The molecule has 11 heteroatoms. The molecule has 0 spiro atoms. The van der Waals surface area contributed by atoms with E-state index in [0.29, 0.717) is 11.3 Å². The summed E-state index contributed by atoms with van der Waals surface area (Å²) < 4.78 is 42.0. The number of amides is 1. The third-order valence-electron chi connectivity index (χ3n) is 5.09. The van der Waals surface area contributed by atoms with E-state index < -0.39 is 17.6 Å². The smallest absolute Gasteiger partial charge is 0.381 e. The summed E-state index contributed by atoms with van der Waals surface area (Å²) in [5.74, 6) is 5.20. The summed E-state index contributed by atoms with van der Waals surface area (Å²) in [7, 11) is 0. The van der Waals surface area contributed by atoms with E-state index in [1.165, 1.54) is 29.2 Å². The summed E-state index contributed by atoms with van der Waals surface area (Å²) in [6, 6.07) is 8.09. The van der Waals surface area contributed by atoms with E-state index in [-0.39, 0.29) is 33.6 Å². The Balaban J connectivity index is 1.64. The minimum Gasteiger partial charge on any atom is -0.381 e. The largest absolute Gasteiger partial charge is 0.416 e. The molecule has 2 aromatic carbocycles. The molecule has 0 bridgehead atoms. The van der Waals surface area contributed by atoms with Crippen LogP contribution in [0.25, 0.3) is 5.69 Å². The number of alkyl halides is 3. The SMILES string of the molecule is Cc1cn(-c2cc(NC(=O)c3ccc(C)c(C#Cc4cnc(N)c(Cl)n4)c3)cc(C(F)(F)F)c2)cn1. The van der Waals surface area contributed by atoms with Crippen molar-refractivity contribution in [3.63, 3.8) is 0 Å². The number of hydrogen-bond acceptors (Lipinski definition) is 5. The maximum absolute atomic E-state index is 13.5. The number of imidazole rings is 1. The molecule has 4 aromatic rings. The minimum atomic E-state index is -4.61. The highest BCUT2D eigenvalue weighted by Crippen LogP contribution is 2.33. The number of carbonyl (C=O) groups excluding carboxylic acids is 1. The van der Waals surface area contributed by atoms with Crippen LogP contribution in [0.2, 0.25) is 5.15 Å². The molecular formula is C25H18ClF3N6O. The fourth-order valence-corrected chi connectivity index (χ4v) is 3.37. The second-order valence-electron chi connectivity index (χ2n) is 7.85. The second-order valence-corrected chi connectivity index (χ2v) is 8.21. The van der Waals surface area contributed by atoms with Crippen molar-refractivity contribution in [2.45, 2.75) is 20.0 Å². The molecule has 0 saturated heterocycles. The third kappa shape index (κ3) is 5.64. The van der Waals surface area contributed by atoms with Crippen LogP contribution in [0.3, 0.4) is 0 Å². The summed E-state index contributed by atoms with van der Waals surface area (Å²) in [5, 5.41) is 2.57. The Kier molecular flexibility index (Phi) is 6.68. The molecule has 4 rings (SSSR count). The van der Waals surface area contributed by atoms with Gasteiger partial charge in [-0.15, -0.1) is 0 Å². The zero-order chi connectivity index (χ0) is 26.0. The van der Waals surface area contributed by atoms with Gasteiger partial charge in [-0.1, -0.05) is 23.6 Å². The van der Waals surface area contributed by atoms with Gasteiger partial charge in [0.15, 0.2) is 11.0 Å². The lowest BCUT2D eigenvalue weighted by Gasteiger charge is -2.14. The first-order chi connectivity index (χ1) is 17.0. The maximum Gasteiger partial charge on any atom is 0.416 e. The molecule has 182 valence electrons. The highest BCUT2D eigenvalue weighted by atomic mass is 35.5. The number of aromatic nitrogens is 4. The number of benzene rings is 2. The van der Waals surface area contributed by atoms with E-state index >= 15 is 0 Å². The van der Waals surface area contributed by atoms with Gasteiger partial charge in [0, 0.05) is 28.7 Å². The van der Waals surface area contributed by atoms with Gasteiger partial charge in [-0.2, -0.15) is 13.2 Å². The lowest BCUT2D eigenvalue weighted by Crippen LogP contribution is -2.14. The van der Waals surface area contributed by atoms with Crippen LogP contribution in [-0.2, 0) is 6.18 Å². The highest BCUT2D eigenvalue weighted by Gasteiger charge is 2.31. The number of aryl methyl sites for hydroxylation is 2. The van der Waals surface area contributed by atoms with Crippen LogP contribution >= 0.6 is 11.6 Å². The van der Waals surface area contributed by atoms with Crippen LogP contribution in [-0.4, -0.2) is 25.4 Å². The molecule has 0 aliphatic heterocycles. The molecule has 2 aromatic heterocycles. The third-order valence-corrected chi connectivity index (χ3v) is 5.37. The number of hydrogen-bond donors (Lipinski definition) is 2. The van der Waals surface area contributed by atoms with Gasteiger partial charge >= 0.3 is 6.18 Å². The summed E-state index contributed by atoms with van der Waals surface area (Å²) in [6.07, 6.45) is -0.247. The molecule has 2 heterocycles. The molecule has 0 unspecified atom stereocenters. The first-order valence-electron chi connectivity index (χ1n) is 10.4. The molecule has 36 heavy (non-hydrogen) atoms. The standard InChI is InChI=1S/C25H18ClF3N6O/c1-14-3-4-17(7-16(14)5-6-19-11-31-23(30)22(26)33-19)24(36)34-20-8-18(25(27,28)29)9-21(10-20)35-12-15(2)32-13-35/h3-4,7-13H,1-2H3,(H2,30,31)(H,34,36). The lowest BCUT2D eigenvalue weighted by molar-refractivity contribution is -0.137. The van der Waals surface area contributed by atoms with Crippen molar-refractivity contribution in [1.29, 1.82) is 0 Å². The first-order valence-corrected chi connectivity index (χ1v) is 10.8. The molecule has 0 fully saturated rings. The molecule has 3 N–H and O–H groups in total. The average molecular weight is 511 g/mol. The normalized spacial score (nSPS) is 11.1. The number of nitrogen functional groups attached to an aromatic ring is 1. The van der Waals surface area contributed by atoms with Crippen molar-refractivity contribution in [3.8, 4) is 17.5 Å². The monoisotopic (exact) mass is 510 g/mol. The maximum atomic E-state index is 13.5. The number of nitrogens with two attached hydrogens (primary N) is 1. The Morgan fingerprint density at radius 1 is 1.11 bits per heavy atom. The number of carbonyl (C=O) groups is 1. The van der Waals surface area contributed by atoms with Gasteiger partial charge in [-0.25, -0.2) is 15.0 Å². The number of nitrogens with one attached hydrogen (secondary N) is 1. The fraction of sp³-hybridized carbons (Fsp3) is 0.120. The Morgan fingerprint density at radius 3 is 2.56 bits per heavy atom. The van der Waals surface area contributed by atoms with Gasteiger partial charge < -0.3 is 15.6 Å². The molecule has 1 amide bonds. The van der Waals surface area contributed by atoms with Gasteiger partial charge in [0.25, 0.3) is 5.91 Å². The molecular weight excluding hydrogens is 493 g/mol. The van der Waals surface area contributed by atoms with Crippen LogP contribution in [0.5, 0.6) is 0 Å². The van der Waals surface area contributed by atoms with Crippen LogP contribution in [0.4, 0.5) is 24.7 Å². The number of rotatable bonds is 3. The Bertz CT molecular complexity index is 1540. The van der Waals surface area contributed by atoms with Crippen LogP contribution in [0.15, 0.2) is 55.1 Å². The molecule has 0 aliphatic carbocycles. The summed E-state index contributed by atoms with van der Waals surface area (Å²) in [4.78, 5) is 24.9. The van der Waals surface area contributed by atoms with Gasteiger partial charge in [-0.05, 0) is 55.7 Å². The predicted octanol–water partition coefficient (Wildman–Crippen LogP) is 5.19. The van der Waals surface area contributed by atoms with Gasteiger partial charge in [0.05, 0.1) is 23.8 Å². The molecule has 0 radical (unpaired) electrons. The number of nitrogens with zero attached hydrogens (tertiary/aromatic N) is 4. The van der Waals surface area contributed by atoms with E-state index in [1.54, 1.807) is 32.2 Å². The molecule has 0 saturated carbocycles. The molecule has 0 aliphatic rings. The van der Waals surface area contributed by atoms with E-state index in [0.717, 1.165) is 17.7 Å². The number of halogens is 4. The van der Waals surface area contributed by atoms with Crippen molar-refractivity contribution in [2.24, 2.45) is 0 Å². The van der Waals surface area contributed by atoms with E-state index in [9.17, 15) is 18.0 Å². The summed E-state index contributed by atoms with van der Waals surface area (Å²) >= 11 is 5.87. The Labute approximate surface area is 209 Å². The van der Waals surface area contributed by atoms with E-state index in [2.05, 4.69) is 32.1 Å². The first kappa shape index (κ1) is 24.8. The zero-order valence-corrected chi connectivity index (χ0v) is 19.7. The quantitative estimate of drug-likeness (QED) is 0.370. The van der Waals surface area contributed by atoms with Crippen molar-refractivity contribution in [1.82, 2.24) is 19.5 Å². The zero-order valence-electron chi connectivity index (χ0n) is 19.0. The van der Waals surface area contributed by atoms with Gasteiger partial charge in [0.2, 0.25) is 0 Å². The van der Waals surface area contributed by atoms with Crippen LogP contribution in [0.1, 0.15) is 38.4 Å². The molecule has 7 nitrogen and oxygen atoms in total. The van der Waals surface area contributed by atoms with Gasteiger partial charge in [0.1, 0.15) is 5.69 Å². The minimum absolute atomic E-state index is 0.0174. The second kappa shape index (κ2) is 9.71. The van der Waals surface area contributed by atoms with Crippen molar-refractivity contribution < 1.29 is 18.0 Å². The fourth-order valence-electron chi connectivity index (χ4n) is 3.23. The Morgan fingerprint density at radius 2 is 1.89 bits per heavy atom. The average Bonchev–Trinajstić information content (AvgIpc) is 3.26. The van der Waals surface area contributed by atoms with Gasteiger partial charge in [-0.3, -0.25) is 4.79 Å². The van der Waals surface area contributed by atoms with E-state index in [1.807, 2.05) is 0 Å². The van der Waals surface area contributed by atoms with Crippen LogP contribution < -0.4 is 11.1 Å². The van der Waals surface area contributed by atoms with Crippen molar-refractivity contribution in [2.75, 3.05) is 11.1 Å². The molecule has 0 atom stereocenters. The Hall–Kier alpha value is -4.36. The van der Waals surface area contributed by atoms with E-state index in [4.69, 9.17) is 17.3 Å². The highest BCUT2D eigenvalue weighted by molar-refractivity contribution is 6.31. The summed E-state index contributed by atoms with van der Waals surface area (Å²) in [5.41, 5.74) is 7.28.